The van der Waals surface area contributed by atoms with Gasteiger partial charge in [-0.15, -0.1) is 0 Å². The minimum absolute atomic E-state index is 0.139. The van der Waals surface area contributed by atoms with Gasteiger partial charge in [-0.05, 0) is 36.0 Å². The third-order valence-corrected chi connectivity index (χ3v) is 4.04. The lowest BCUT2D eigenvalue weighted by atomic mass is 9.79. The second-order valence-electron chi connectivity index (χ2n) is 8.57. The number of carbonyl (C=O) groups excluding carboxylic acids is 1. The molecule has 2 nitrogen and oxygen atoms in total. The summed E-state index contributed by atoms with van der Waals surface area (Å²) in [5, 5.41) is 3.27. The van der Waals surface area contributed by atoms with Crippen LogP contribution in [-0.2, 0) is 4.79 Å². The highest BCUT2D eigenvalue weighted by atomic mass is 16.1. The van der Waals surface area contributed by atoms with E-state index in [1.165, 1.54) is 12.8 Å². The van der Waals surface area contributed by atoms with Gasteiger partial charge in [0.25, 0.3) is 0 Å². The fraction of sp³-hybridized carbons (Fsp3) is 0.941. The Morgan fingerprint density at radius 2 is 1.74 bits per heavy atom. The van der Waals surface area contributed by atoms with E-state index in [0.29, 0.717) is 17.9 Å². The van der Waals surface area contributed by atoms with Crippen molar-refractivity contribution >= 4 is 5.91 Å². The molecule has 1 rings (SSSR count). The lowest BCUT2D eigenvalue weighted by Gasteiger charge is -2.33. The van der Waals surface area contributed by atoms with Gasteiger partial charge in [0.05, 0.1) is 0 Å². The molecule has 0 heterocycles. The summed E-state index contributed by atoms with van der Waals surface area (Å²) in [5.41, 5.74) is 0.475. The van der Waals surface area contributed by atoms with Crippen LogP contribution in [0.25, 0.3) is 0 Å². The second-order valence-corrected chi connectivity index (χ2v) is 8.57. The molecule has 1 atom stereocenters. The summed E-state index contributed by atoms with van der Waals surface area (Å²) in [5.74, 6) is 1.09. The maximum atomic E-state index is 12.0. The van der Waals surface area contributed by atoms with Crippen LogP contribution in [0.15, 0.2) is 0 Å². The number of rotatable bonds is 6. The smallest absolute Gasteiger partial charge is 0.220 e. The highest BCUT2D eigenvalue weighted by molar-refractivity contribution is 5.76. The predicted molar refractivity (Wildman–Crippen MR) is 82.0 cm³/mol. The van der Waals surface area contributed by atoms with Gasteiger partial charge in [-0.25, -0.2) is 0 Å². The van der Waals surface area contributed by atoms with Gasteiger partial charge in [-0.1, -0.05) is 54.4 Å². The van der Waals surface area contributed by atoms with Gasteiger partial charge in [0.15, 0.2) is 0 Å². The molecule has 0 aromatic carbocycles. The third kappa shape index (κ3) is 7.59. The highest BCUT2D eigenvalue weighted by Crippen LogP contribution is 2.33. The Hall–Kier alpha value is -0.530. The Bertz CT molecular complexity index is 291. The Labute approximate surface area is 119 Å². The molecule has 0 saturated heterocycles. The molecule has 1 amide bonds. The predicted octanol–water partition coefficient (Wildman–Crippen LogP) is 4.53. The standard InChI is InChI=1S/C17H33NO/c1-16(2,3)12-11-14(17(4,5)6)18-15(19)10-9-13-7-8-13/h13-14H,7-12H2,1-6H3,(H,18,19). The molecular formula is C17H33NO. The van der Waals surface area contributed by atoms with E-state index >= 15 is 0 Å². The van der Waals surface area contributed by atoms with Gasteiger partial charge >= 0.3 is 0 Å². The van der Waals surface area contributed by atoms with Crippen molar-refractivity contribution in [2.75, 3.05) is 0 Å². The van der Waals surface area contributed by atoms with Crippen molar-refractivity contribution in [3.8, 4) is 0 Å². The zero-order chi connectivity index (χ0) is 14.7. The van der Waals surface area contributed by atoms with Crippen LogP contribution in [0.4, 0.5) is 0 Å². The average molecular weight is 267 g/mol. The van der Waals surface area contributed by atoms with E-state index in [1.807, 2.05) is 0 Å². The van der Waals surface area contributed by atoms with Gasteiger partial charge in [-0.3, -0.25) is 4.79 Å². The maximum absolute atomic E-state index is 12.0. The first-order chi connectivity index (χ1) is 8.58. The van der Waals surface area contributed by atoms with Gasteiger partial charge in [0.2, 0.25) is 5.91 Å². The van der Waals surface area contributed by atoms with Crippen molar-refractivity contribution in [3.05, 3.63) is 0 Å². The molecule has 1 N–H and O–H groups in total. The van der Waals surface area contributed by atoms with E-state index in [9.17, 15) is 4.79 Å². The summed E-state index contributed by atoms with van der Waals surface area (Å²) >= 11 is 0. The molecule has 2 heteroatoms. The van der Waals surface area contributed by atoms with E-state index in [-0.39, 0.29) is 11.3 Å². The van der Waals surface area contributed by atoms with Crippen LogP contribution >= 0.6 is 0 Å². The maximum Gasteiger partial charge on any atom is 0.220 e. The number of hydrogen-bond donors (Lipinski definition) is 1. The van der Waals surface area contributed by atoms with Gasteiger partial charge in [0, 0.05) is 12.5 Å². The summed E-state index contributed by atoms with van der Waals surface area (Å²) < 4.78 is 0. The summed E-state index contributed by atoms with van der Waals surface area (Å²) in [4.78, 5) is 12.0. The zero-order valence-electron chi connectivity index (χ0n) is 13.8. The first-order valence-electron chi connectivity index (χ1n) is 7.87. The molecule has 1 aliphatic carbocycles. The molecule has 0 aromatic rings. The number of amides is 1. The van der Waals surface area contributed by atoms with Crippen LogP contribution in [0.1, 0.15) is 80.1 Å². The Balaban J connectivity index is 2.41. The SMILES string of the molecule is CC(C)(C)CCC(NC(=O)CCC1CC1)C(C)(C)C. The molecule has 0 aliphatic heterocycles. The molecule has 19 heavy (non-hydrogen) atoms. The molecule has 0 bridgehead atoms. The average Bonchev–Trinajstić information content (AvgIpc) is 3.01. The lowest BCUT2D eigenvalue weighted by molar-refractivity contribution is -0.122. The van der Waals surface area contributed by atoms with E-state index in [1.54, 1.807) is 0 Å². The lowest BCUT2D eigenvalue weighted by Crippen LogP contribution is -2.44. The molecule has 0 spiro atoms. The van der Waals surface area contributed by atoms with E-state index in [4.69, 9.17) is 0 Å². The Morgan fingerprint density at radius 1 is 1.16 bits per heavy atom. The van der Waals surface area contributed by atoms with Gasteiger partial charge < -0.3 is 5.32 Å². The van der Waals surface area contributed by atoms with Crippen LogP contribution in [0, 0.1) is 16.7 Å². The van der Waals surface area contributed by atoms with Crippen molar-refractivity contribution in [1.29, 1.82) is 0 Å². The van der Waals surface area contributed by atoms with Crippen molar-refractivity contribution in [3.63, 3.8) is 0 Å². The summed E-state index contributed by atoms with van der Waals surface area (Å²) in [7, 11) is 0. The number of nitrogens with one attached hydrogen (secondary N) is 1. The van der Waals surface area contributed by atoms with E-state index in [0.717, 1.165) is 25.2 Å². The summed E-state index contributed by atoms with van der Waals surface area (Å²) in [6.45, 7) is 13.5. The van der Waals surface area contributed by atoms with Crippen LogP contribution < -0.4 is 5.32 Å². The van der Waals surface area contributed by atoms with Crippen molar-refractivity contribution in [1.82, 2.24) is 5.32 Å². The molecular weight excluding hydrogens is 234 g/mol. The summed E-state index contributed by atoms with van der Waals surface area (Å²) in [6, 6.07) is 0.290. The minimum atomic E-state index is 0.139. The quantitative estimate of drug-likeness (QED) is 0.752. The number of hydrogen-bond acceptors (Lipinski definition) is 1. The molecule has 112 valence electrons. The molecule has 0 aromatic heterocycles. The van der Waals surface area contributed by atoms with Crippen LogP contribution in [0.2, 0.25) is 0 Å². The third-order valence-electron chi connectivity index (χ3n) is 4.04. The van der Waals surface area contributed by atoms with Crippen LogP contribution in [0.5, 0.6) is 0 Å². The Kier molecular flexibility index (Phi) is 5.46. The minimum Gasteiger partial charge on any atom is -0.353 e. The fourth-order valence-electron chi connectivity index (χ4n) is 2.31. The first-order valence-corrected chi connectivity index (χ1v) is 7.87. The normalized spacial score (nSPS) is 18.2. The molecule has 1 aliphatic rings. The molecule has 1 saturated carbocycles. The Morgan fingerprint density at radius 3 is 2.16 bits per heavy atom. The van der Waals surface area contributed by atoms with Crippen molar-refractivity contribution < 1.29 is 4.79 Å². The van der Waals surface area contributed by atoms with Gasteiger partial charge in [-0.2, -0.15) is 0 Å². The number of carbonyl (C=O) groups is 1. The second kappa shape index (κ2) is 6.28. The van der Waals surface area contributed by atoms with Crippen LogP contribution in [0.3, 0.4) is 0 Å². The largest absolute Gasteiger partial charge is 0.353 e. The monoisotopic (exact) mass is 267 g/mol. The van der Waals surface area contributed by atoms with Crippen molar-refractivity contribution in [2.24, 2.45) is 16.7 Å². The molecule has 1 unspecified atom stereocenters. The van der Waals surface area contributed by atoms with Crippen molar-refractivity contribution in [2.45, 2.75) is 86.1 Å². The van der Waals surface area contributed by atoms with Gasteiger partial charge in [0.1, 0.15) is 0 Å². The van der Waals surface area contributed by atoms with Crippen LogP contribution in [-0.4, -0.2) is 11.9 Å². The van der Waals surface area contributed by atoms with E-state index < -0.39 is 0 Å². The topological polar surface area (TPSA) is 29.1 Å². The van der Waals surface area contributed by atoms with E-state index in [2.05, 4.69) is 46.9 Å². The highest BCUT2D eigenvalue weighted by Gasteiger charge is 2.28. The molecule has 1 fully saturated rings. The molecule has 0 radical (unpaired) electrons. The summed E-state index contributed by atoms with van der Waals surface area (Å²) in [6.07, 6.45) is 6.69. The first kappa shape index (κ1) is 16.5. The zero-order valence-corrected chi connectivity index (χ0v) is 13.8. The fourth-order valence-corrected chi connectivity index (χ4v) is 2.31.